The fraction of sp³-hybridized carbons (Fsp3) is 0.324. The van der Waals surface area contributed by atoms with Crippen molar-refractivity contribution < 1.29 is 19.1 Å². The highest BCUT2D eigenvalue weighted by Crippen LogP contribution is 2.54. The van der Waals surface area contributed by atoms with Gasteiger partial charge in [0.05, 0.1) is 30.3 Å². The molecular weight excluding hydrogens is 546 g/mol. The summed E-state index contributed by atoms with van der Waals surface area (Å²) in [5.41, 5.74) is 5.74. The quantitative estimate of drug-likeness (QED) is 0.162. The summed E-state index contributed by atoms with van der Waals surface area (Å²) in [5, 5.41) is 0.164. The number of rotatable bonds is 8. The van der Waals surface area contributed by atoms with Crippen LogP contribution in [-0.2, 0) is 15.0 Å². The van der Waals surface area contributed by atoms with Crippen LogP contribution in [-0.4, -0.2) is 54.0 Å². The first-order valence-corrected chi connectivity index (χ1v) is 14.8. The van der Waals surface area contributed by atoms with Gasteiger partial charge in [-0.2, -0.15) is 0 Å². The summed E-state index contributed by atoms with van der Waals surface area (Å²) in [4.78, 5) is 31.2. The zero-order chi connectivity index (χ0) is 30.2. The Morgan fingerprint density at radius 2 is 1.26 bits per heavy atom. The Balaban J connectivity index is 1.75. The summed E-state index contributed by atoms with van der Waals surface area (Å²) in [6, 6.07) is 20.7. The topological polar surface area (TPSA) is 62.3 Å². The van der Waals surface area contributed by atoms with Gasteiger partial charge in [-0.15, -0.1) is 0 Å². The van der Waals surface area contributed by atoms with Gasteiger partial charge in [0.1, 0.15) is 17.1 Å². The third-order valence-corrected chi connectivity index (χ3v) is 8.38. The Labute approximate surface area is 253 Å². The van der Waals surface area contributed by atoms with E-state index in [1.54, 1.807) is 20.2 Å². The predicted octanol–water partition coefficient (Wildman–Crippen LogP) is 6.97. The molecule has 218 valence electrons. The van der Waals surface area contributed by atoms with Crippen molar-refractivity contribution in [3.05, 3.63) is 82.9 Å². The molecule has 0 aromatic heterocycles. The third kappa shape index (κ3) is 4.94. The molecule has 3 aromatic rings. The van der Waals surface area contributed by atoms with Crippen molar-refractivity contribution in [2.24, 2.45) is 0 Å². The Hall–Kier alpha value is -4.17. The first-order valence-electron chi connectivity index (χ1n) is 14.4. The Bertz CT molecular complexity index is 1520. The minimum atomic E-state index is -0.453. The number of carbonyl (C=O) groups excluding carboxylic acids is 2. The van der Waals surface area contributed by atoms with E-state index in [9.17, 15) is 9.59 Å². The number of hydrogen-bond acceptors (Lipinski definition) is 6. The zero-order valence-corrected chi connectivity index (χ0v) is 25.9. The minimum Gasteiger partial charge on any atom is -0.493 e. The van der Waals surface area contributed by atoms with E-state index in [4.69, 9.17) is 21.7 Å². The third-order valence-electron chi connectivity index (χ3n) is 7.84. The first kappa shape index (κ1) is 29.3. The monoisotopic (exact) mass is 583 g/mol. The molecule has 7 nitrogen and oxygen atoms in total. The molecule has 1 fully saturated rings. The molecule has 0 radical (unpaired) electrons. The number of thiocarbonyl (C=S) groups is 1. The molecule has 1 saturated heterocycles. The van der Waals surface area contributed by atoms with E-state index >= 15 is 0 Å². The second-order valence-electron chi connectivity index (χ2n) is 11.1. The van der Waals surface area contributed by atoms with Crippen LogP contribution in [0.4, 0.5) is 17.1 Å². The number of para-hydroxylation sites is 2. The van der Waals surface area contributed by atoms with E-state index in [1.165, 1.54) is 20.9 Å². The molecule has 0 N–H and O–H groups in total. The van der Waals surface area contributed by atoms with Gasteiger partial charge in [0.2, 0.25) is 0 Å². The molecule has 0 bridgehead atoms. The van der Waals surface area contributed by atoms with Gasteiger partial charge in [-0.25, -0.2) is 0 Å². The highest BCUT2D eigenvalue weighted by molar-refractivity contribution is 7.80. The van der Waals surface area contributed by atoms with E-state index in [0.717, 1.165) is 29.9 Å². The maximum absolute atomic E-state index is 13.2. The summed E-state index contributed by atoms with van der Waals surface area (Å²) in [5.74, 6) is 0.281. The lowest BCUT2D eigenvalue weighted by atomic mass is 9.73. The number of amides is 2. The Morgan fingerprint density at radius 3 is 1.79 bits per heavy atom. The number of hydrogen-bond donors (Lipinski definition) is 0. The van der Waals surface area contributed by atoms with Crippen molar-refractivity contribution in [2.75, 3.05) is 32.2 Å². The lowest BCUT2D eigenvalue weighted by molar-refractivity contribution is -0.132. The van der Waals surface area contributed by atoms with Crippen LogP contribution in [0.2, 0.25) is 0 Å². The van der Waals surface area contributed by atoms with E-state index in [0.29, 0.717) is 30.3 Å². The summed E-state index contributed by atoms with van der Waals surface area (Å²) >= 11 is 5.28. The van der Waals surface area contributed by atoms with Gasteiger partial charge in [0, 0.05) is 31.1 Å². The van der Waals surface area contributed by atoms with Crippen LogP contribution in [0.5, 0.6) is 11.5 Å². The van der Waals surface area contributed by atoms with Gasteiger partial charge in [0.15, 0.2) is 5.11 Å². The van der Waals surface area contributed by atoms with E-state index in [1.807, 2.05) is 31.2 Å². The second-order valence-corrected chi connectivity index (χ2v) is 11.5. The molecule has 8 heteroatoms. The van der Waals surface area contributed by atoms with E-state index in [-0.39, 0.29) is 16.1 Å². The number of fused-ring (bicyclic) bond motifs is 2. The maximum Gasteiger partial charge on any atom is 0.265 e. The zero-order valence-electron chi connectivity index (χ0n) is 25.1. The summed E-state index contributed by atoms with van der Waals surface area (Å²) < 4.78 is 12.7. The minimum absolute atomic E-state index is 0.0135. The highest BCUT2D eigenvalue weighted by Gasteiger charge is 2.38. The second kappa shape index (κ2) is 11.6. The Morgan fingerprint density at radius 1 is 0.762 bits per heavy atom. The molecule has 2 heterocycles. The fourth-order valence-corrected chi connectivity index (χ4v) is 5.74. The number of likely N-dealkylation sites (N-methyl/N-ethyl adjacent to an activating group) is 2. The Kier molecular flexibility index (Phi) is 8.10. The van der Waals surface area contributed by atoms with E-state index < -0.39 is 11.8 Å². The van der Waals surface area contributed by atoms with Crippen molar-refractivity contribution in [3.63, 3.8) is 0 Å². The molecule has 5 rings (SSSR count). The number of nitrogens with zero attached hydrogens (tertiary/aromatic N) is 3. The predicted molar refractivity (Wildman–Crippen MR) is 171 cm³/mol. The number of benzene rings is 3. The molecule has 0 atom stereocenters. The number of carbonyl (C=O) groups is 2. The molecule has 2 aliphatic heterocycles. The normalized spacial score (nSPS) is 15.9. The van der Waals surface area contributed by atoms with Gasteiger partial charge >= 0.3 is 0 Å². The smallest absolute Gasteiger partial charge is 0.265 e. The van der Waals surface area contributed by atoms with Gasteiger partial charge in [-0.3, -0.25) is 19.4 Å². The van der Waals surface area contributed by atoms with Crippen LogP contribution in [0.25, 0.3) is 6.08 Å². The lowest BCUT2D eigenvalue weighted by Gasteiger charge is -2.42. The average Bonchev–Trinajstić information content (AvgIpc) is 3.00. The van der Waals surface area contributed by atoms with Crippen molar-refractivity contribution in [1.82, 2.24) is 9.80 Å². The van der Waals surface area contributed by atoms with Crippen LogP contribution in [0, 0.1) is 0 Å². The van der Waals surface area contributed by atoms with Gasteiger partial charge in [-0.05, 0) is 60.5 Å². The maximum atomic E-state index is 13.2. The molecule has 0 saturated carbocycles. The SMILES string of the molecule is CCCOc1cc(N2c3ccccc3C(C)(C)c3ccccc32)c(OCCC)cc1C=C1C(=O)N(C)C(=S)N(C)C1=O. The van der Waals surface area contributed by atoms with Crippen LogP contribution in [0.1, 0.15) is 57.2 Å². The molecule has 3 aromatic carbocycles. The molecule has 2 amide bonds. The summed E-state index contributed by atoms with van der Waals surface area (Å²) in [6.07, 6.45) is 3.20. The van der Waals surface area contributed by atoms with Gasteiger partial charge < -0.3 is 14.4 Å². The van der Waals surface area contributed by atoms with Crippen molar-refractivity contribution in [1.29, 1.82) is 0 Å². The van der Waals surface area contributed by atoms with Crippen LogP contribution < -0.4 is 14.4 Å². The first-order chi connectivity index (χ1) is 20.1. The van der Waals surface area contributed by atoms with Crippen LogP contribution in [0.3, 0.4) is 0 Å². The van der Waals surface area contributed by atoms with Crippen LogP contribution in [0.15, 0.2) is 66.2 Å². The van der Waals surface area contributed by atoms with E-state index in [2.05, 4.69) is 62.1 Å². The molecule has 0 spiro atoms. The van der Waals surface area contributed by atoms with Crippen molar-refractivity contribution in [3.8, 4) is 11.5 Å². The molecule has 2 aliphatic rings. The van der Waals surface area contributed by atoms with Gasteiger partial charge in [0.25, 0.3) is 11.8 Å². The number of ether oxygens (including phenoxy) is 2. The molecule has 42 heavy (non-hydrogen) atoms. The van der Waals surface area contributed by atoms with Crippen molar-refractivity contribution in [2.45, 2.75) is 46.0 Å². The fourth-order valence-electron chi connectivity index (χ4n) is 5.58. The average molecular weight is 584 g/mol. The standard InChI is InChI=1S/C34H37N3O4S/c1-7-17-40-29-21-28(37-26-15-11-9-13-24(26)34(3,4)25-14-10-12-16-27(25)37)30(41-18-8-2)20-22(29)19-23-31(38)35(5)33(42)36(6)32(23)39/h9-16,19-21H,7-8,17-18H2,1-6H3. The highest BCUT2D eigenvalue weighted by atomic mass is 32.1. The summed E-state index contributed by atoms with van der Waals surface area (Å²) in [7, 11) is 3.14. The lowest BCUT2D eigenvalue weighted by Crippen LogP contribution is -2.52. The molecule has 0 unspecified atom stereocenters. The summed E-state index contributed by atoms with van der Waals surface area (Å²) in [6.45, 7) is 9.56. The van der Waals surface area contributed by atoms with Gasteiger partial charge in [-0.1, -0.05) is 64.1 Å². The van der Waals surface area contributed by atoms with Crippen LogP contribution >= 0.6 is 12.2 Å². The molecule has 0 aliphatic carbocycles. The van der Waals surface area contributed by atoms with Crippen molar-refractivity contribution >= 4 is 52.3 Å². The number of anilines is 3. The largest absolute Gasteiger partial charge is 0.493 e. The molecular formula is C34H37N3O4S.